The molecular formula is C16H24O3. The maximum atomic E-state index is 12.5. The molecule has 3 heteroatoms. The summed E-state index contributed by atoms with van der Waals surface area (Å²) < 4.78 is 5.36. The van der Waals surface area contributed by atoms with Gasteiger partial charge in [-0.1, -0.05) is 13.8 Å². The number of ketones is 1. The number of rotatable bonds is 5. The molecule has 0 aromatic heterocycles. The molecule has 1 rings (SSSR count). The van der Waals surface area contributed by atoms with Crippen LogP contribution in [0.4, 0.5) is 0 Å². The lowest BCUT2D eigenvalue weighted by Crippen LogP contribution is -2.25. The van der Waals surface area contributed by atoms with E-state index in [0.29, 0.717) is 5.56 Å². The van der Waals surface area contributed by atoms with Crippen molar-refractivity contribution in [2.45, 2.75) is 34.6 Å². The summed E-state index contributed by atoms with van der Waals surface area (Å²) >= 11 is 0. The molecule has 1 aromatic carbocycles. The fourth-order valence-corrected chi connectivity index (χ4v) is 2.42. The van der Waals surface area contributed by atoms with Crippen LogP contribution in [0.15, 0.2) is 6.07 Å². The van der Waals surface area contributed by atoms with Gasteiger partial charge in [0.2, 0.25) is 0 Å². The maximum absolute atomic E-state index is 12.5. The minimum absolute atomic E-state index is 0.0175. The monoisotopic (exact) mass is 264 g/mol. The Morgan fingerprint density at radius 3 is 2.26 bits per heavy atom. The summed E-state index contributed by atoms with van der Waals surface area (Å²) in [6.07, 6.45) is 0. The van der Waals surface area contributed by atoms with Crippen LogP contribution in [0, 0.1) is 32.6 Å². The minimum atomic E-state index is -0.342. The third-order valence-corrected chi connectivity index (χ3v) is 3.83. The molecule has 106 valence electrons. The molecule has 0 aliphatic carbocycles. The normalized spacial score (nSPS) is 12.6. The number of carbonyl (C=O) groups is 1. The number of methoxy groups -OCH3 is 1. The molecule has 0 heterocycles. The number of benzene rings is 1. The molecule has 0 saturated carbocycles. The first kappa shape index (κ1) is 15.7. The first-order chi connectivity index (χ1) is 8.84. The second-order valence-corrected chi connectivity index (χ2v) is 5.42. The summed E-state index contributed by atoms with van der Waals surface area (Å²) in [5, 5.41) is 9.41. The van der Waals surface area contributed by atoms with Crippen LogP contribution in [-0.4, -0.2) is 24.6 Å². The number of hydrogen-bond donors (Lipinski definition) is 1. The zero-order chi connectivity index (χ0) is 14.7. The summed E-state index contributed by atoms with van der Waals surface area (Å²) in [6, 6.07) is 1.87. The van der Waals surface area contributed by atoms with Gasteiger partial charge in [0, 0.05) is 11.5 Å². The number of carbonyl (C=O) groups excluding carboxylic acids is 1. The van der Waals surface area contributed by atoms with Gasteiger partial charge in [-0.05, 0) is 49.4 Å². The average Bonchev–Trinajstić information content (AvgIpc) is 2.34. The molecule has 1 unspecified atom stereocenters. The minimum Gasteiger partial charge on any atom is -0.496 e. The van der Waals surface area contributed by atoms with Crippen LogP contribution < -0.4 is 4.74 Å². The van der Waals surface area contributed by atoms with E-state index in [9.17, 15) is 9.90 Å². The highest BCUT2D eigenvalue weighted by atomic mass is 16.5. The summed E-state index contributed by atoms with van der Waals surface area (Å²) in [6.45, 7) is 9.63. The predicted molar refractivity (Wildman–Crippen MR) is 76.9 cm³/mol. The standard InChI is InChI=1S/C16H24O3/c1-9(2)14(8-17)15(18)13-7-10(3)16(19-6)12(5)11(13)4/h7,9,14,17H,8H2,1-6H3. The number of hydrogen-bond acceptors (Lipinski definition) is 3. The van der Waals surface area contributed by atoms with Gasteiger partial charge in [-0.15, -0.1) is 0 Å². The lowest BCUT2D eigenvalue weighted by Gasteiger charge is -2.20. The number of aliphatic hydroxyl groups excluding tert-OH is 1. The van der Waals surface area contributed by atoms with Gasteiger partial charge in [0.15, 0.2) is 5.78 Å². The van der Waals surface area contributed by atoms with E-state index >= 15 is 0 Å². The Bertz CT molecular complexity index is 475. The summed E-state index contributed by atoms with van der Waals surface area (Å²) in [7, 11) is 1.64. The van der Waals surface area contributed by atoms with Crippen molar-refractivity contribution in [3.63, 3.8) is 0 Å². The third kappa shape index (κ3) is 2.98. The Balaban J connectivity index is 3.32. The van der Waals surface area contributed by atoms with Crippen molar-refractivity contribution >= 4 is 5.78 Å². The van der Waals surface area contributed by atoms with Crippen molar-refractivity contribution in [2.75, 3.05) is 13.7 Å². The molecule has 0 amide bonds. The van der Waals surface area contributed by atoms with E-state index in [2.05, 4.69) is 0 Å². The third-order valence-electron chi connectivity index (χ3n) is 3.83. The van der Waals surface area contributed by atoms with Crippen LogP contribution in [0.2, 0.25) is 0 Å². The molecule has 0 fully saturated rings. The van der Waals surface area contributed by atoms with Crippen molar-refractivity contribution in [3.05, 3.63) is 28.3 Å². The second kappa shape index (κ2) is 6.20. The van der Waals surface area contributed by atoms with Gasteiger partial charge in [0.1, 0.15) is 5.75 Å². The Labute approximate surface area is 115 Å². The average molecular weight is 264 g/mol. The Morgan fingerprint density at radius 1 is 1.26 bits per heavy atom. The molecule has 1 N–H and O–H groups in total. The highest BCUT2D eigenvalue weighted by Gasteiger charge is 2.25. The molecule has 0 aliphatic rings. The molecule has 0 spiro atoms. The molecule has 0 aliphatic heterocycles. The Hall–Kier alpha value is -1.35. The van der Waals surface area contributed by atoms with Crippen molar-refractivity contribution in [3.8, 4) is 5.75 Å². The molecule has 0 bridgehead atoms. The topological polar surface area (TPSA) is 46.5 Å². The van der Waals surface area contributed by atoms with E-state index < -0.39 is 0 Å². The summed E-state index contributed by atoms with van der Waals surface area (Å²) in [4.78, 5) is 12.5. The van der Waals surface area contributed by atoms with Gasteiger partial charge >= 0.3 is 0 Å². The maximum Gasteiger partial charge on any atom is 0.168 e. The summed E-state index contributed by atoms with van der Waals surface area (Å²) in [5.41, 5.74) is 3.58. The van der Waals surface area contributed by atoms with Crippen molar-refractivity contribution in [2.24, 2.45) is 11.8 Å². The quantitative estimate of drug-likeness (QED) is 0.831. The molecule has 0 saturated heterocycles. The molecule has 1 atom stereocenters. The second-order valence-electron chi connectivity index (χ2n) is 5.42. The highest BCUT2D eigenvalue weighted by Crippen LogP contribution is 2.30. The molecule has 19 heavy (non-hydrogen) atoms. The number of ether oxygens (including phenoxy) is 1. The van der Waals surface area contributed by atoms with Crippen LogP contribution in [0.5, 0.6) is 5.75 Å². The fourth-order valence-electron chi connectivity index (χ4n) is 2.42. The van der Waals surface area contributed by atoms with Crippen molar-refractivity contribution in [1.29, 1.82) is 0 Å². The summed E-state index contributed by atoms with van der Waals surface area (Å²) in [5.74, 6) is 0.633. The van der Waals surface area contributed by atoms with E-state index in [1.807, 2.05) is 40.7 Å². The van der Waals surface area contributed by atoms with Gasteiger partial charge in [-0.3, -0.25) is 4.79 Å². The van der Waals surface area contributed by atoms with Gasteiger partial charge in [0.25, 0.3) is 0 Å². The van der Waals surface area contributed by atoms with Crippen LogP contribution in [0.25, 0.3) is 0 Å². The highest BCUT2D eigenvalue weighted by molar-refractivity contribution is 6.00. The molecule has 1 aromatic rings. The predicted octanol–water partition coefficient (Wildman–Crippen LogP) is 3.07. The zero-order valence-electron chi connectivity index (χ0n) is 12.7. The number of aliphatic hydroxyl groups is 1. The van der Waals surface area contributed by atoms with Crippen LogP contribution in [0.3, 0.4) is 0 Å². The van der Waals surface area contributed by atoms with E-state index in [1.54, 1.807) is 7.11 Å². The first-order valence-electron chi connectivity index (χ1n) is 6.65. The van der Waals surface area contributed by atoms with E-state index in [-0.39, 0.29) is 24.2 Å². The molecule has 3 nitrogen and oxygen atoms in total. The lowest BCUT2D eigenvalue weighted by atomic mass is 9.85. The lowest BCUT2D eigenvalue weighted by molar-refractivity contribution is 0.0806. The van der Waals surface area contributed by atoms with Gasteiger partial charge in [0.05, 0.1) is 13.7 Å². The van der Waals surface area contributed by atoms with Gasteiger partial charge in [-0.25, -0.2) is 0 Å². The van der Waals surface area contributed by atoms with Crippen molar-refractivity contribution in [1.82, 2.24) is 0 Å². The Kier molecular flexibility index (Phi) is 5.12. The number of Topliss-reactive ketones (excluding diaryl/α,β-unsaturated/α-hetero) is 1. The van der Waals surface area contributed by atoms with Crippen molar-refractivity contribution < 1.29 is 14.6 Å². The first-order valence-corrected chi connectivity index (χ1v) is 6.65. The van der Waals surface area contributed by atoms with E-state index in [0.717, 1.165) is 22.4 Å². The van der Waals surface area contributed by atoms with Gasteiger partial charge < -0.3 is 9.84 Å². The zero-order valence-corrected chi connectivity index (χ0v) is 12.7. The SMILES string of the molecule is COc1c(C)cc(C(=O)C(CO)C(C)C)c(C)c1C. The van der Waals surface area contributed by atoms with E-state index in [4.69, 9.17) is 4.74 Å². The molecule has 0 radical (unpaired) electrons. The van der Waals surface area contributed by atoms with Gasteiger partial charge in [-0.2, -0.15) is 0 Å². The Morgan fingerprint density at radius 2 is 1.84 bits per heavy atom. The number of aryl methyl sites for hydroxylation is 1. The smallest absolute Gasteiger partial charge is 0.168 e. The van der Waals surface area contributed by atoms with Crippen LogP contribution >= 0.6 is 0 Å². The van der Waals surface area contributed by atoms with E-state index in [1.165, 1.54) is 0 Å². The fraction of sp³-hybridized carbons (Fsp3) is 0.562. The molecular weight excluding hydrogens is 240 g/mol. The van der Waals surface area contributed by atoms with Crippen LogP contribution in [0.1, 0.15) is 40.9 Å². The van der Waals surface area contributed by atoms with Crippen LogP contribution in [-0.2, 0) is 0 Å². The largest absolute Gasteiger partial charge is 0.496 e.